The van der Waals surface area contributed by atoms with Gasteiger partial charge in [-0.05, 0) is 26.1 Å². The van der Waals surface area contributed by atoms with Crippen molar-refractivity contribution in [2.24, 2.45) is 0 Å². The molecule has 1 unspecified atom stereocenters. The highest BCUT2D eigenvalue weighted by Gasteiger charge is 2.15. The fraction of sp³-hybridized carbons (Fsp3) is 0.267. The van der Waals surface area contributed by atoms with Gasteiger partial charge in [-0.3, -0.25) is 4.57 Å². The van der Waals surface area contributed by atoms with Gasteiger partial charge in [-0.2, -0.15) is 4.98 Å². The van der Waals surface area contributed by atoms with E-state index in [0.717, 1.165) is 17.8 Å². The van der Waals surface area contributed by atoms with Gasteiger partial charge in [0.1, 0.15) is 5.69 Å². The molecule has 3 rings (SSSR count). The number of rotatable bonds is 5. The maximum atomic E-state index is 5.37. The van der Waals surface area contributed by atoms with Crippen LogP contribution in [0.25, 0.3) is 17.3 Å². The molecule has 2 heterocycles. The first-order valence-electron chi connectivity index (χ1n) is 6.86. The van der Waals surface area contributed by atoms with Crippen LogP contribution in [0.5, 0.6) is 0 Å². The molecule has 0 spiro atoms. The number of hydrogen-bond acceptors (Lipinski definition) is 5. The van der Waals surface area contributed by atoms with Gasteiger partial charge < -0.3 is 9.84 Å². The standard InChI is InChI=1S/C15H17N5O/c1-11(16-2)8-14-18-15(21-19-14)13-9-17-10-20(13)12-6-4-3-5-7-12/h3-7,9-11,16H,8H2,1-2H3. The molecular weight excluding hydrogens is 266 g/mol. The molecular formula is C15H17N5O. The van der Waals surface area contributed by atoms with Gasteiger partial charge in [0.15, 0.2) is 5.82 Å². The van der Waals surface area contributed by atoms with Crippen LogP contribution in [-0.4, -0.2) is 32.8 Å². The number of nitrogens with zero attached hydrogens (tertiary/aromatic N) is 4. The average molecular weight is 283 g/mol. The highest BCUT2D eigenvalue weighted by atomic mass is 16.5. The molecule has 0 saturated carbocycles. The fourth-order valence-corrected chi connectivity index (χ4v) is 2.06. The van der Waals surface area contributed by atoms with Gasteiger partial charge in [0.2, 0.25) is 0 Å². The average Bonchev–Trinajstić information content (AvgIpc) is 3.16. The zero-order valence-electron chi connectivity index (χ0n) is 12.0. The van der Waals surface area contributed by atoms with E-state index in [2.05, 4.69) is 27.4 Å². The van der Waals surface area contributed by atoms with Crippen LogP contribution in [0.2, 0.25) is 0 Å². The van der Waals surface area contributed by atoms with Crippen molar-refractivity contribution < 1.29 is 4.52 Å². The van der Waals surface area contributed by atoms with Crippen LogP contribution in [0.4, 0.5) is 0 Å². The summed E-state index contributed by atoms with van der Waals surface area (Å²) in [6.45, 7) is 2.07. The molecule has 6 heteroatoms. The zero-order valence-corrected chi connectivity index (χ0v) is 12.0. The molecule has 3 aromatic rings. The van der Waals surface area contributed by atoms with Gasteiger partial charge in [0.05, 0.1) is 12.5 Å². The predicted molar refractivity (Wildman–Crippen MR) is 79.1 cm³/mol. The Hall–Kier alpha value is -2.47. The van der Waals surface area contributed by atoms with Crippen LogP contribution in [0, 0.1) is 0 Å². The maximum Gasteiger partial charge on any atom is 0.276 e. The quantitative estimate of drug-likeness (QED) is 0.776. The van der Waals surface area contributed by atoms with Crippen LogP contribution < -0.4 is 5.32 Å². The lowest BCUT2D eigenvalue weighted by atomic mass is 10.2. The van der Waals surface area contributed by atoms with Gasteiger partial charge in [0.25, 0.3) is 5.89 Å². The highest BCUT2D eigenvalue weighted by molar-refractivity contribution is 5.51. The van der Waals surface area contributed by atoms with Crippen molar-refractivity contribution in [3.05, 3.63) is 48.7 Å². The first kappa shape index (κ1) is 13.5. The maximum absolute atomic E-state index is 5.37. The van der Waals surface area contributed by atoms with Gasteiger partial charge >= 0.3 is 0 Å². The molecule has 21 heavy (non-hydrogen) atoms. The Morgan fingerprint density at radius 3 is 2.86 bits per heavy atom. The van der Waals surface area contributed by atoms with Crippen molar-refractivity contribution in [3.63, 3.8) is 0 Å². The van der Waals surface area contributed by atoms with Crippen molar-refractivity contribution in [1.82, 2.24) is 25.0 Å². The minimum Gasteiger partial charge on any atom is -0.332 e. The minimum atomic E-state index is 0.300. The number of aromatic nitrogens is 4. The Labute approximate surface area is 122 Å². The minimum absolute atomic E-state index is 0.300. The molecule has 0 aliphatic rings. The molecule has 1 N–H and O–H groups in total. The van der Waals surface area contributed by atoms with Crippen molar-refractivity contribution in [2.75, 3.05) is 7.05 Å². The third-order valence-corrected chi connectivity index (χ3v) is 3.34. The molecule has 0 aliphatic heterocycles. The highest BCUT2D eigenvalue weighted by Crippen LogP contribution is 2.21. The number of benzene rings is 1. The molecule has 6 nitrogen and oxygen atoms in total. The summed E-state index contributed by atoms with van der Waals surface area (Å²) in [7, 11) is 1.91. The molecule has 0 amide bonds. The molecule has 1 aromatic carbocycles. The zero-order chi connectivity index (χ0) is 14.7. The summed E-state index contributed by atoms with van der Waals surface area (Å²) in [6.07, 6.45) is 4.19. The second-order valence-corrected chi connectivity index (χ2v) is 4.89. The van der Waals surface area contributed by atoms with Gasteiger partial charge in [0, 0.05) is 18.2 Å². The summed E-state index contributed by atoms with van der Waals surface area (Å²) in [4.78, 5) is 8.63. The fourth-order valence-electron chi connectivity index (χ4n) is 2.06. The summed E-state index contributed by atoms with van der Waals surface area (Å²) in [5, 5.41) is 7.18. The Kier molecular flexibility index (Phi) is 3.79. The third kappa shape index (κ3) is 2.85. The predicted octanol–water partition coefficient (Wildman–Crippen LogP) is 2.07. The van der Waals surface area contributed by atoms with E-state index >= 15 is 0 Å². The third-order valence-electron chi connectivity index (χ3n) is 3.34. The summed E-state index contributed by atoms with van der Waals surface area (Å²) in [5.74, 6) is 1.17. The number of nitrogens with one attached hydrogen (secondary N) is 1. The van der Waals surface area contributed by atoms with E-state index in [1.165, 1.54) is 0 Å². The lowest BCUT2D eigenvalue weighted by molar-refractivity contribution is 0.416. The summed E-state index contributed by atoms with van der Waals surface area (Å²) in [6, 6.07) is 10.2. The molecule has 0 radical (unpaired) electrons. The van der Waals surface area contributed by atoms with E-state index < -0.39 is 0 Å². The normalized spacial score (nSPS) is 12.5. The number of hydrogen-bond donors (Lipinski definition) is 1. The Bertz CT molecular complexity index is 704. The largest absolute Gasteiger partial charge is 0.332 e. The first-order chi connectivity index (χ1) is 10.3. The van der Waals surface area contributed by atoms with Crippen molar-refractivity contribution >= 4 is 0 Å². The second-order valence-electron chi connectivity index (χ2n) is 4.89. The van der Waals surface area contributed by atoms with Crippen molar-refractivity contribution in [1.29, 1.82) is 0 Å². The van der Waals surface area contributed by atoms with Gasteiger partial charge in [-0.15, -0.1) is 0 Å². The number of likely N-dealkylation sites (N-methyl/N-ethyl adjacent to an activating group) is 1. The topological polar surface area (TPSA) is 68.8 Å². The monoisotopic (exact) mass is 283 g/mol. The smallest absolute Gasteiger partial charge is 0.276 e. The lowest BCUT2D eigenvalue weighted by Crippen LogP contribution is -2.24. The Morgan fingerprint density at radius 2 is 2.10 bits per heavy atom. The van der Waals surface area contributed by atoms with Crippen LogP contribution in [0.15, 0.2) is 47.4 Å². The van der Waals surface area contributed by atoms with Gasteiger partial charge in [-0.1, -0.05) is 23.4 Å². The van der Waals surface area contributed by atoms with E-state index in [9.17, 15) is 0 Å². The molecule has 0 bridgehead atoms. The second kappa shape index (κ2) is 5.88. The first-order valence-corrected chi connectivity index (χ1v) is 6.86. The van der Waals surface area contributed by atoms with Crippen LogP contribution >= 0.6 is 0 Å². The van der Waals surface area contributed by atoms with Crippen LogP contribution in [-0.2, 0) is 6.42 Å². The van der Waals surface area contributed by atoms with E-state index in [4.69, 9.17) is 4.52 Å². The van der Waals surface area contributed by atoms with Crippen LogP contribution in [0.1, 0.15) is 12.7 Å². The van der Waals surface area contributed by atoms with Gasteiger partial charge in [-0.25, -0.2) is 4.98 Å². The number of imidazole rings is 1. The summed E-state index contributed by atoms with van der Waals surface area (Å²) >= 11 is 0. The van der Waals surface area contributed by atoms with E-state index in [-0.39, 0.29) is 0 Å². The number of para-hydroxylation sites is 1. The lowest BCUT2D eigenvalue weighted by Gasteiger charge is -2.05. The molecule has 0 saturated heterocycles. The summed E-state index contributed by atoms with van der Waals surface area (Å²) < 4.78 is 7.30. The van der Waals surface area contributed by atoms with Crippen LogP contribution in [0.3, 0.4) is 0 Å². The molecule has 0 fully saturated rings. The van der Waals surface area contributed by atoms with E-state index in [1.807, 2.05) is 41.9 Å². The SMILES string of the molecule is CNC(C)Cc1noc(-c2cncn2-c2ccccc2)n1. The van der Waals surface area contributed by atoms with Crippen molar-refractivity contribution in [3.8, 4) is 17.3 Å². The van der Waals surface area contributed by atoms with E-state index in [1.54, 1.807) is 12.5 Å². The molecule has 0 aliphatic carbocycles. The molecule has 108 valence electrons. The molecule has 1 atom stereocenters. The molecule has 2 aromatic heterocycles. The Balaban J connectivity index is 1.90. The summed E-state index contributed by atoms with van der Waals surface area (Å²) in [5.41, 5.74) is 1.80. The van der Waals surface area contributed by atoms with E-state index in [0.29, 0.717) is 17.8 Å². The Morgan fingerprint density at radius 1 is 1.29 bits per heavy atom. The van der Waals surface area contributed by atoms with Crippen molar-refractivity contribution in [2.45, 2.75) is 19.4 Å².